The van der Waals surface area contributed by atoms with Gasteiger partial charge in [-0.2, -0.15) is 28.9 Å². The van der Waals surface area contributed by atoms with Crippen LogP contribution in [0.1, 0.15) is 57.3 Å². The topological polar surface area (TPSA) is 110 Å². The van der Waals surface area contributed by atoms with Crippen LogP contribution in [0, 0.1) is 11.7 Å². The Labute approximate surface area is 214 Å². The summed E-state index contributed by atoms with van der Waals surface area (Å²) in [5.74, 6) is -1.04. The average molecular weight is 549 g/mol. The molecule has 2 aliphatic rings. The number of hydrogen-bond donors (Lipinski definition) is 3. The van der Waals surface area contributed by atoms with Gasteiger partial charge in [-0.3, -0.25) is 18.6 Å². The number of carbonyl (C=O) groups excluding carboxylic acids is 1. The Kier molecular flexibility index (Phi) is 7.52. The molecule has 1 aliphatic heterocycles. The molecule has 3 heterocycles. The number of amides is 1. The van der Waals surface area contributed by atoms with Crippen LogP contribution in [0.25, 0.3) is 11.3 Å². The second-order valence-corrected chi connectivity index (χ2v) is 12.8. The van der Waals surface area contributed by atoms with E-state index in [4.69, 9.17) is 4.74 Å². The van der Waals surface area contributed by atoms with Gasteiger partial charge in [-0.25, -0.2) is 9.37 Å². The zero-order chi connectivity index (χ0) is 27.2. The van der Waals surface area contributed by atoms with Crippen molar-refractivity contribution in [3.05, 3.63) is 29.3 Å². The van der Waals surface area contributed by atoms with E-state index in [1.807, 2.05) is 20.8 Å². The van der Waals surface area contributed by atoms with Crippen molar-refractivity contribution in [1.82, 2.24) is 20.1 Å². The van der Waals surface area contributed by atoms with Gasteiger partial charge in [0.15, 0.2) is 12.4 Å². The van der Waals surface area contributed by atoms with Crippen LogP contribution in [0.2, 0.25) is 0 Å². The molecule has 2 aromatic rings. The number of carbonyl (C=O) groups is 1. The monoisotopic (exact) mass is 548 g/mol. The highest BCUT2D eigenvalue weighted by Crippen LogP contribution is 2.47. The lowest BCUT2D eigenvalue weighted by molar-refractivity contribution is -0.154. The minimum Gasteiger partial charge on any atom is -0.468 e. The van der Waals surface area contributed by atoms with E-state index in [-0.39, 0.29) is 40.8 Å². The Morgan fingerprint density at radius 1 is 1.32 bits per heavy atom. The molecule has 0 spiro atoms. The Morgan fingerprint density at radius 2 is 2.00 bits per heavy atom. The Hall–Kier alpha value is -2.38. The molecule has 1 fully saturated rings. The van der Waals surface area contributed by atoms with Gasteiger partial charge in [-0.05, 0) is 46.5 Å². The fourth-order valence-electron chi connectivity index (χ4n) is 4.87. The molecule has 4 rings (SSSR count). The van der Waals surface area contributed by atoms with E-state index in [1.165, 1.54) is 0 Å². The third-order valence-electron chi connectivity index (χ3n) is 7.02. The maximum Gasteiger partial charge on any atom is 0.422 e. The molecule has 0 aromatic carbocycles. The first-order valence-corrected chi connectivity index (χ1v) is 14.1. The van der Waals surface area contributed by atoms with Gasteiger partial charge in [0.2, 0.25) is 11.8 Å². The first-order chi connectivity index (χ1) is 17.2. The van der Waals surface area contributed by atoms with E-state index in [0.717, 1.165) is 23.5 Å². The number of ether oxygens (including phenoxy) is 1. The molecule has 2 aromatic heterocycles. The highest BCUT2D eigenvalue weighted by molar-refractivity contribution is 8.24. The van der Waals surface area contributed by atoms with Crippen molar-refractivity contribution in [2.75, 3.05) is 18.1 Å². The summed E-state index contributed by atoms with van der Waals surface area (Å²) in [6, 6.07) is 1.03. The maximum atomic E-state index is 14.8. The number of nitrogens with zero attached hydrogens (tertiary/aromatic N) is 3. The number of aromatic nitrogens is 3. The van der Waals surface area contributed by atoms with Gasteiger partial charge in [0.25, 0.3) is 0 Å². The first kappa shape index (κ1) is 27.6. The van der Waals surface area contributed by atoms with Crippen LogP contribution in [-0.2, 0) is 17.6 Å². The predicted octanol–water partition coefficient (Wildman–Crippen LogP) is 5.13. The highest BCUT2D eigenvalue weighted by atomic mass is 32.3. The molecule has 1 atom stereocenters. The van der Waals surface area contributed by atoms with Gasteiger partial charge in [-0.15, -0.1) is 0 Å². The minimum atomic E-state index is -4.56. The van der Waals surface area contributed by atoms with Gasteiger partial charge >= 0.3 is 6.18 Å². The highest BCUT2D eigenvalue weighted by Gasteiger charge is 2.38. The maximum absolute atomic E-state index is 14.8. The number of nitrogens with one attached hydrogen (secondary N) is 1. The van der Waals surface area contributed by atoms with Crippen molar-refractivity contribution in [3.8, 4) is 17.1 Å². The molecule has 13 heteroatoms. The minimum absolute atomic E-state index is 0.000525. The summed E-state index contributed by atoms with van der Waals surface area (Å²) in [5, 5.41) is 7.71. The predicted molar refractivity (Wildman–Crippen MR) is 131 cm³/mol. The van der Waals surface area contributed by atoms with Crippen LogP contribution in [0.4, 0.5) is 17.6 Å². The summed E-state index contributed by atoms with van der Waals surface area (Å²) in [6.45, 7) is 4.18. The fourth-order valence-corrected chi connectivity index (χ4v) is 6.63. The summed E-state index contributed by atoms with van der Waals surface area (Å²) in [6.07, 6.45) is -1.47. The number of halogens is 4. The molecule has 8 nitrogen and oxygen atoms in total. The fraction of sp³-hybridized carbons (Fsp3) is 0.625. The zero-order valence-electron chi connectivity index (χ0n) is 20.9. The van der Waals surface area contributed by atoms with Gasteiger partial charge < -0.3 is 10.1 Å². The molecule has 1 saturated heterocycles. The number of fused-ring (bicyclic) bond motifs is 1. The van der Waals surface area contributed by atoms with E-state index in [0.29, 0.717) is 37.8 Å². The van der Waals surface area contributed by atoms with E-state index < -0.39 is 34.7 Å². The lowest BCUT2D eigenvalue weighted by Gasteiger charge is -2.45. The third kappa shape index (κ3) is 6.37. The summed E-state index contributed by atoms with van der Waals surface area (Å²) in [4.78, 5) is 16.8. The average Bonchev–Trinajstić information content (AvgIpc) is 3.19. The van der Waals surface area contributed by atoms with Crippen LogP contribution in [-0.4, -0.2) is 59.6 Å². The summed E-state index contributed by atoms with van der Waals surface area (Å²) in [5.41, 5.74) is 1.33. The van der Waals surface area contributed by atoms with Gasteiger partial charge in [0.1, 0.15) is 0 Å². The standard InChI is InChI=1S/C24H32F4N4O4S/c1-14(2)32-19-10-15(22(33)30-23(3)6-8-37(34,35)9-7-23)4-5-16(19)21(31-32)17-11-20(29-12-18(17)25)36-13-24(26,27)28/h11-12,14-15,34-35H,4-10,13H2,1-3H3,(H,30,33). The SMILES string of the molecule is CC(C)n1nc(-c2cc(OCC(F)(F)F)ncc2F)c2c1CC(C(=O)NC1(C)CCS(O)(O)CC1)CC2. The number of alkyl halides is 3. The number of rotatable bonds is 6. The molecule has 206 valence electrons. The summed E-state index contributed by atoms with van der Waals surface area (Å²) in [7, 11) is -2.57. The molecular weight excluding hydrogens is 516 g/mol. The van der Waals surface area contributed by atoms with E-state index >= 15 is 0 Å². The molecule has 0 saturated carbocycles. The Balaban J connectivity index is 1.57. The Bertz CT molecular complexity index is 1160. The third-order valence-corrected chi connectivity index (χ3v) is 8.73. The van der Waals surface area contributed by atoms with Crippen molar-refractivity contribution >= 4 is 16.5 Å². The molecule has 3 N–H and O–H groups in total. The normalized spacial score (nSPS) is 21.8. The number of pyridine rings is 1. The largest absolute Gasteiger partial charge is 0.468 e. The molecule has 1 amide bonds. The van der Waals surface area contributed by atoms with Crippen LogP contribution < -0.4 is 10.1 Å². The summed E-state index contributed by atoms with van der Waals surface area (Å²) < 4.78 is 78.8. The van der Waals surface area contributed by atoms with Crippen LogP contribution in [0.15, 0.2) is 12.3 Å². The Morgan fingerprint density at radius 3 is 2.62 bits per heavy atom. The van der Waals surface area contributed by atoms with Crippen molar-refractivity contribution in [1.29, 1.82) is 0 Å². The smallest absolute Gasteiger partial charge is 0.422 e. The summed E-state index contributed by atoms with van der Waals surface area (Å²) >= 11 is 0. The number of hydrogen-bond acceptors (Lipinski definition) is 6. The quantitative estimate of drug-likeness (QED) is 0.432. The van der Waals surface area contributed by atoms with Crippen molar-refractivity contribution in [2.24, 2.45) is 5.92 Å². The van der Waals surface area contributed by atoms with Gasteiger partial charge in [0.05, 0.1) is 11.9 Å². The molecular formula is C24H32F4N4O4S. The van der Waals surface area contributed by atoms with Crippen LogP contribution in [0.3, 0.4) is 0 Å². The lowest BCUT2D eigenvalue weighted by Crippen LogP contribution is -2.52. The van der Waals surface area contributed by atoms with E-state index in [2.05, 4.69) is 15.4 Å². The second-order valence-electron chi connectivity index (χ2n) is 10.4. The first-order valence-electron chi connectivity index (χ1n) is 12.2. The van der Waals surface area contributed by atoms with E-state index in [9.17, 15) is 31.5 Å². The zero-order valence-corrected chi connectivity index (χ0v) is 21.8. The van der Waals surface area contributed by atoms with Gasteiger partial charge in [-0.1, -0.05) is 0 Å². The van der Waals surface area contributed by atoms with Crippen molar-refractivity contribution in [3.63, 3.8) is 0 Å². The van der Waals surface area contributed by atoms with Crippen LogP contribution >= 0.6 is 10.6 Å². The van der Waals surface area contributed by atoms with Crippen molar-refractivity contribution in [2.45, 2.75) is 70.6 Å². The van der Waals surface area contributed by atoms with Gasteiger partial charge in [0, 0.05) is 58.3 Å². The molecule has 0 bridgehead atoms. The molecule has 37 heavy (non-hydrogen) atoms. The van der Waals surface area contributed by atoms with E-state index in [1.54, 1.807) is 4.68 Å². The molecule has 1 unspecified atom stereocenters. The molecule has 1 aliphatic carbocycles. The van der Waals surface area contributed by atoms with Crippen LogP contribution in [0.5, 0.6) is 5.88 Å². The van der Waals surface area contributed by atoms with Crippen molar-refractivity contribution < 1.29 is 36.2 Å². The second kappa shape index (κ2) is 10.1. The lowest BCUT2D eigenvalue weighted by atomic mass is 9.84. The molecule has 0 radical (unpaired) electrons.